The molecule has 4 aliphatic rings. The van der Waals surface area contributed by atoms with E-state index in [1.165, 1.54) is 0 Å². The van der Waals surface area contributed by atoms with E-state index in [2.05, 4.69) is 42.7 Å². The van der Waals surface area contributed by atoms with Crippen molar-refractivity contribution < 1.29 is 0 Å². The van der Waals surface area contributed by atoms with Crippen molar-refractivity contribution in [1.82, 2.24) is 24.6 Å². The molecule has 2 aromatic heterocycles. The number of fused-ring (bicyclic) bond motifs is 3. The van der Waals surface area contributed by atoms with E-state index in [9.17, 15) is 10.5 Å². The number of anilines is 1. The summed E-state index contributed by atoms with van der Waals surface area (Å²) >= 11 is 6.41. The first-order valence-electron chi connectivity index (χ1n) is 12.9. The molecule has 0 bridgehead atoms. The molecular formula is C28H27ClN8. The lowest BCUT2D eigenvalue weighted by Gasteiger charge is -2.59. The average molecular weight is 511 g/mol. The number of rotatable bonds is 4. The second-order valence-corrected chi connectivity index (χ2v) is 11.9. The largest absolute Gasteiger partial charge is 0.355 e. The summed E-state index contributed by atoms with van der Waals surface area (Å²) in [6, 6.07) is 14.6. The third-order valence-electron chi connectivity index (χ3n) is 8.71. The predicted octanol–water partition coefficient (Wildman–Crippen LogP) is 4.50. The molecule has 0 radical (unpaired) electrons. The Morgan fingerprint density at radius 2 is 1.89 bits per heavy atom. The first kappa shape index (κ1) is 22.7. The van der Waals surface area contributed by atoms with Gasteiger partial charge in [-0.3, -0.25) is 9.47 Å². The molecule has 8 nitrogen and oxygen atoms in total. The lowest BCUT2D eigenvalue weighted by atomic mass is 9.57. The summed E-state index contributed by atoms with van der Waals surface area (Å²) in [4.78, 5) is 9.29. The topological polar surface area (TPSA) is 97.7 Å². The van der Waals surface area contributed by atoms with Crippen molar-refractivity contribution in [2.45, 2.75) is 51.6 Å². The van der Waals surface area contributed by atoms with Crippen LogP contribution in [0.15, 0.2) is 30.3 Å². The summed E-state index contributed by atoms with van der Waals surface area (Å²) in [6.45, 7) is 6.05. The number of pyridine rings is 1. The Hall–Kier alpha value is -3.46. The number of aryl methyl sites for hydroxylation is 1. The minimum Gasteiger partial charge on any atom is -0.355 e. The molecule has 0 amide bonds. The van der Waals surface area contributed by atoms with Crippen molar-refractivity contribution >= 4 is 17.4 Å². The summed E-state index contributed by atoms with van der Waals surface area (Å²) in [5.74, 6) is 3.30. The average Bonchev–Trinajstić information content (AvgIpc) is 3.52. The highest BCUT2D eigenvalue weighted by molar-refractivity contribution is 6.30. The first-order valence-corrected chi connectivity index (χ1v) is 13.3. The van der Waals surface area contributed by atoms with Crippen molar-refractivity contribution in [3.05, 3.63) is 63.8 Å². The van der Waals surface area contributed by atoms with Crippen molar-refractivity contribution in [2.75, 3.05) is 24.5 Å². The van der Waals surface area contributed by atoms with Gasteiger partial charge in [0, 0.05) is 42.5 Å². The number of nitriles is 2. The van der Waals surface area contributed by atoms with Crippen LogP contribution in [0.3, 0.4) is 0 Å². The number of aromatic nitrogens is 4. The molecule has 9 heteroatoms. The summed E-state index contributed by atoms with van der Waals surface area (Å²) in [6.07, 6.45) is 4.11. The van der Waals surface area contributed by atoms with Gasteiger partial charge in [0.1, 0.15) is 17.7 Å². The van der Waals surface area contributed by atoms with Gasteiger partial charge < -0.3 is 4.90 Å². The van der Waals surface area contributed by atoms with Gasteiger partial charge in [0.2, 0.25) is 0 Å². The number of nitrogens with zero attached hydrogens (tertiary/aromatic N) is 8. The molecule has 2 aliphatic carbocycles. The molecule has 0 unspecified atom stereocenters. The minimum absolute atomic E-state index is 0.213. The van der Waals surface area contributed by atoms with E-state index in [1.807, 2.05) is 31.2 Å². The van der Waals surface area contributed by atoms with Gasteiger partial charge in [0.25, 0.3) is 0 Å². The molecule has 1 saturated heterocycles. The van der Waals surface area contributed by atoms with E-state index in [0.29, 0.717) is 23.4 Å². The van der Waals surface area contributed by atoms with E-state index in [-0.39, 0.29) is 5.41 Å². The van der Waals surface area contributed by atoms with E-state index >= 15 is 0 Å². The molecule has 186 valence electrons. The second kappa shape index (κ2) is 8.02. The highest BCUT2D eigenvalue weighted by Gasteiger charge is 2.54. The van der Waals surface area contributed by atoms with E-state index in [4.69, 9.17) is 16.7 Å². The van der Waals surface area contributed by atoms with Crippen LogP contribution >= 0.6 is 11.6 Å². The number of benzene rings is 1. The van der Waals surface area contributed by atoms with Crippen LogP contribution in [-0.4, -0.2) is 44.3 Å². The van der Waals surface area contributed by atoms with Crippen molar-refractivity contribution in [3.8, 4) is 17.8 Å². The fraction of sp³-hybridized carbons (Fsp3) is 0.464. The molecule has 0 N–H and O–H groups in total. The maximum Gasteiger partial charge on any atom is 0.151 e. The van der Waals surface area contributed by atoms with Crippen LogP contribution in [0.4, 0.5) is 5.82 Å². The molecule has 2 saturated carbocycles. The second-order valence-electron chi connectivity index (χ2n) is 11.5. The summed E-state index contributed by atoms with van der Waals surface area (Å²) in [5, 5.41) is 28.9. The van der Waals surface area contributed by atoms with Gasteiger partial charge in [-0.25, -0.2) is 4.98 Å². The third-order valence-corrected chi connectivity index (χ3v) is 8.94. The summed E-state index contributed by atoms with van der Waals surface area (Å²) in [7, 11) is 0. The maximum atomic E-state index is 9.66. The van der Waals surface area contributed by atoms with Crippen molar-refractivity contribution in [3.63, 3.8) is 0 Å². The van der Waals surface area contributed by atoms with E-state index in [0.717, 1.165) is 91.3 Å². The number of hydrogen-bond acceptors (Lipinski definition) is 7. The maximum absolute atomic E-state index is 9.66. The molecule has 7 rings (SSSR count). The Kier molecular flexibility index (Phi) is 4.92. The molecule has 3 aromatic rings. The van der Waals surface area contributed by atoms with Crippen LogP contribution in [0.1, 0.15) is 60.1 Å². The van der Waals surface area contributed by atoms with Crippen LogP contribution in [0.25, 0.3) is 5.69 Å². The van der Waals surface area contributed by atoms with Crippen LogP contribution < -0.4 is 4.90 Å². The van der Waals surface area contributed by atoms with Crippen molar-refractivity contribution in [1.29, 1.82) is 10.5 Å². The van der Waals surface area contributed by atoms with Gasteiger partial charge in [0.05, 0.1) is 35.0 Å². The lowest BCUT2D eigenvalue weighted by molar-refractivity contribution is 0.0581. The van der Waals surface area contributed by atoms with E-state index < -0.39 is 0 Å². The standard InChI is InChI=1S/C28H27ClN8/c1-18-19(11-30)2-5-24(32-18)36-16-28(17-36)9-21(10-28)26-34-33-25-13-35(15-27(14-31)6-7-27)12-20-8-22(29)3-4-23(20)37(25)26/h2-5,8,21H,6-7,9-10,12-13,15-17H2,1H3. The van der Waals surface area contributed by atoms with Gasteiger partial charge in [-0.05, 0) is 68.5 Å². The van der Waals surface area contributed by atoms with Crippen LogP contribution in [-0.2, 0) is 13.1 Å². The first-order chi connectivity index (χ1) is 17.9. The summed E-state index contributed by atoms with van der Waals surface area (Å²) < 4.78 is 2.26. The SMILES string of the molecule is Cc1nc(N2CC3(CC(c4nnc5n4-c4ccc(Cl)cc4CN(CC4(C#N)CC4)C5)C3)C2)ccc1C#N. The van der Waals surface area contributed by atoms with Gasteiger partial charge >= 0.3 is 0 Å². The zero-order chi connectivity index (χ0) is 25.4. The summed E-state index contributed by atoms with van der Waals surface area (Å²) in [5.41, 5.74) is 3.77. The monoisotopic (exact) mass is 510 g/mol. The Bertz CT molecular complexity index is 1490. The number of halogens is 1. The highest BCUT2D eigenvalue weighted by Crippen LogP contribution is 2.56. The lowest BCUT2D eigenvalue weighted by Crippen LogP contribution is -2.62. The minimum atomic E-state index is -0.213. The molecule has 4 heterocycles. The Balaban J connectivity index is 1.11. The molecule has 1 spiro atoms. The molecule has 37 heavy (non-hydrogen) atoms. The third kappa shape index (κ3) is 3.70. The molecule has 0 atom stereocenters. The van der Waals surface area contributed by atoms with Gasteiger partial charge in [0.15, 0.2) is 5.82 Å². The van der Waals surface area contributed by atoms with Gasteiger partial charge in [-0.2, -0.15) is 10.5 Å². The van der Waals surface area contributed by atoms with Crippen LogP contribution in [0, 0.1) is 40.4 Å². The fourth-order valence-electron chi connectivity index (χ4n) is 6.55. The zero-order valence-electron chi connectivity index (χ0n) is 20.8. The number of hydrogen-bond donors (Lipinski definition) is 0. The van der Waals surface area contributed by atoms with E-state index in [1.54, 1.807) is 0 Å². The fourth-order valence-corrected chi connectivity index (χ4v) is 6.74. The van der Waals surface area contributed by atoms with Crippen molar-refractivity contribution in [2.24, 2.45) is 10.8 Å². The van der Waals surface area contributed by atoms with Gasteiger partial charge in [-0.1, -0.05) is 11.6 Å². The Morgan fingerprint density at radius 1 is 1.08 bits per heavy atom. The molecule has 1 aromatic carbocycles. The van der Waals surface area contributed by atoms with Gasteiger partial charge in [-0.15, -0.1) is 10.2 Å². The zero-order valence-corrected chi connectivity index (χ0v) is 21.5. The van der Waals surface area contributed by atoms with Crippen LogP contribution in [0.2, 0.25) is 5.02 Å². The molecule has 2 aliphatic heterocycles. The molecule has 3 fully saturated rings. The predicted molar refractivity (Wildman–Crippen MR) is 138 cm³/mol. The Labute approximate surface area is 221 Å². The van der Waals surface area contributed by atoms with Crippen LogP contribution in [0.5, 0.6) is 0 Å². The molecular weight excluding hydrogens is 484 g/mol. The highest BCUT2D eigenvalue weighted by atomic mass is 35.5. The Morgan fingerprint density at radius 3 is 2.59 bits per heavy atom. The normalized spacial score (nSPS) is 21.1. The quantitative estimate of drug-likeness (QED) is 0.509. The smallest absolute Gasteiger partial charge is 0.151 e.